The van der Waals surface area contributed by atoms with Crippen molar-refractivity contribution in [2.75, 3.05) is 0 Å². The van der Waals surface area contributed by atoms with E-state index in [0.717, 1.165) is 17.0 Å². The van der Waals surface area contributed by atoms with E-state index >= 15 is 0 Å². The van der Waals surface area contributed by atoms with Crippen molar-refractivity contribution in [1.82, 2.24) is 10.2 Å². The number of nitrogens with zero attached hydrogens (tertiary/aromatic N) is 1. The number of nitrogens with two attached hydrogens (primary N) is 1. The molecule has 2 aromatic carbocycles. The molecule has 0 aliphatic rings. The lowest BCUT2D eigenvalue weighted by Gasteiger charge is -2.37. The van der Waals surface area contributed by atoms with Gasteiger partial charge in [0.25, 0.3) is 11.8 Å². The molecule has 0 spiro atoms. The van der Waals surface area contributed by atoms with Crippen molar-refractivity contribution >= 4 is 17.7 Å². The van der Waals surface area contributed by atoms with Gasteiger partial charge in [-0.3, -0.25) is 19.3 Å². The normalized spacial score (nSPS) is 13.3. The first-order valence-corrected chi connectivity index (χ1v) is 9.83. The van der Waals surface area contributed by atoms with Crippen LogP contribution in [0.4, 0.5) is 8.78 Å². The summed E-state index contributed by atoms with van der Waals surface area (Å²) < 4.78 is 26.7. The Morgan fingerprint density at radius 2 is 1.55 bits per heavy atom. The minimum atomic E-state index is -1.06. The Labute approximate surface area is 180 Å². The summed E-state index contributed by atoms with van der Waals surface area (Å²) in [6.07, 6.45) is -0.320. The van der Waals surface area contributed by atoms with Crippen LogP contribution in [0.15, 0.2) is 48.5 Å². The van der Waals surface area contributed by atoms with Crippen LogP contribution in [0.5, 0.6) is 0 Å². The number of hydrogen-bond donors (Lipinski definition) is 2. The number of hydrogen-bond acceptors (Lipinski definition) is 4. The lowest BCUT2D eigenvalue weighted by Crippen LogP contribution is -2.58. The highest BCUT2D eigenvalue weighted by Crippen LogP contribution is 2.21. The maximum absolute atomic E-state index is 13.3. The predicted octanol–water partition coefficient (Wildman–Crippen LogP) is 2.87. The zero-order valence-electron chi connectivity index (χ0n) is 18.0. The monoisotopic (exact) mass is 431 g/mol. The van der Waals surface area contributed by atoms with E-state index in [0.29, 0.717) is 11.6 Å². The van der Waals surface area contributed by atoms with Gasteiger partial charge in [0.15, 0.2) is 0 Å². The van der Waals surface area contributed by atoms with Gasteiger partial charge in [-0.05, 0) is 51.0 Å². The first-order chi connectivity index (χ1) is 14.4. The van der Waals surface area contributed by atoms with Crippen molar-refractivity contribution in [2.24, 2.45) is 5.73 Å². The summed E-state index contributed by atoms with van der Waals surface area (Å²) in [5, 5.41) is 2.49. The van der Waals surface area contributed by atoms with Crippen LogP contribution in [0.3, 0.4) is 0 Å². The van der Waals surface area contributed by atoms with Crippen LogP contribution in [0.25, 0.3) is 0 Å². The average molecular weight is 431 g/mol. The van der Waals surface area contributed by atoms with E-state index in [9.17, 15) is 23.2 Å². The van der Waals surface area contributed by atoms with Gasteiger partial charge in [-0.15, -0.1) is 0 Å². The molecule has 0 aromatic heterocycles. The molecule has 2 atom stereocenters. The molecule has 166 valence electrons. The number of halogens is 2. The Morgan fingerprint density at radius 3 is 2.06 bits per heavy atom. The fraction of sp³-hybridized carbons (Fsp3) is 0.348. The third-order valence-electron chi connectivity index (χ3n) is 4.57. The van der Waals surface area contributed by atoms with Gasteiger partial charge in [0.2, 0.25) is 5.91 Å². The van der Waals surface area contributed by atoms with E-state index in [1.807, 2.05) is 0 Å². The van der Waals surface area contributed by atoms with Gasteiger partial charge in [-0.1, -0.05) is 30.3 Å². The quantitative estimate of drug-likeness (QED) is 0.736. The Morgan fingerprint density at radius 1 is 1.00 bits per heavy atom. The number of benzene rings is 2. The van der Waals surface area contributed by atoms with Crippen LogP contribution < -0.4 is 11.1 Å². The standard InChI is InChI=1S/C23H27F2N3O3/c1-14(27-19(29)12-15-10-17(24)13-18(25)11-15)21(30)28(23(2,3)4)22(31)20(26)16-8-6-5-7-9-16/h5-11,13-14,20H,12,26H2,1-4H3,(H,27,29)/t14-,20-/m0/s1. The molecule has 0 aliphatic carbocycles. The van der Waals surface area contributed by atoms with E-state index in [1.54, 1.807) is 51.1 Å². The van der Waals surface area contributed by atoms with Crippen LogP contribution in [0.2, 0.25) is 0 Å². The topological polar surface area (TPSA) is 92.5 Å². The first-order valence-electron chi connectivity index (χ1n) is 9.83. The lowest BCUT2D eigenvalue weighted by molar-refractivity contribution is -0.153. The molecule has 0 fully saturated rings. The second kappa shape index (κ2) is 9.78. The molecule has 0 bridgehead atoms. The maximum atomic E-state index is 13.3. The molecule has 0 saturated carbocycles. The summed E-state index contributed by atoms with van der Waals surface area (Å²) in [5.41, 5.74) is 5.89. The zero-order chi connectivity index (χ0) is 23.3. The van der Waals surface area contributed by atoms with Gasteiger partial charge in [0, 0.05) is 11.6 Å². The van der Waals surface area contributed by atoms with Crippen molar-refractivity contribution in [3.8, 4) is 0 Å². The number of amides is 3. The van der Waals surface area contributed by atoms with Gasteiger partial charge in [0.05, 0.1) is 6.42 Å². The smallest absolute Gasteiger partial charge is 0.252 e. The summed E-state index contributed by atoms with van der Waals surface area (Å²) in [6, 6.07) is 9.32. The van der Waals surface area contributed by atoms with Crippen molar-refractivity contribution in [3.05, 3.63) is 71.3 Å². The molecule has 8 heteroatoms. The molecular weight excluding hydrogens is 404 g/mol. The third kappa shape index (κ3) is 6.42. The fourth-order valence-corrected chi connectivity index (χ4v) is 3.16. The highest BCUT2D eigenvalue weighted by molar-refractivity contribution is 6.02. The van der Waals surface area contributed by atoms with Crippen molar-refractivity contribution in [2.45, 2.75) is 51.7 Å². The number of nitrogens with one attached hydrogen (secondary N) is 1. The fourth-order valence-electron chi connectivity index (χ4n) is 3.16. The highest BCUT2D eigenvalue weighted by atomic mass is 19.1. The third-order valence-corrected chi connectivity index (χ3v) is 4.57. The SMILES string of the molecule is C[C@H](NC(=O)Cc1cc(F)cc(F)c1)C(=O)N(C(=O)[C@@H](N)c1ccccc1)C(C)(C)C. The molecule has 2 aromatic rings. The molecule has 0 heterocycles. The van der Waals surface area contributed by atoms with E-state index in [-0.39, 0.29) is 12.0 Å². The van der Waals surface area contributed by atoms with Gasteiger partial charge < -0.3 is 11.1 Å². The Hall–Kier alpha value is -3.13. The molecule has 0 saturated heterocycles. The molecule has 0 aliphatic heterocycles. The van der Waals surface area contributed by atoms with Gasteiger partial charge >= 0.3 is 0 Å². The van der Waals surface area contributed by atoms with E-state index in [4.69, 9.17) is 5.73 Å². The van der Waals surface area contributed by atoms with Crippen LogP contribution >= 0.6 is 0 Å². The van der Waals surface area contributed by atoms with Crippen LogP contribution in [-0.2, 0) is 20.8 Å². The molecule has 6 nitrogen and oxygen atoms in total. The summed E-state index contributed by atoms with van der Waals surface area (Å²) in [6.45, 7) is 6.49. The number of carbonyl (C=O) groups excluding carboxylic acids is 3. The Balaban J connectivity index is 2.15. The molecule has 0 unspecified atom stereocenters. The minimum Gasteiger partial charge on any atom is -0.344 e. The number of rotatable bonds is 6. The first kappa shape index (κ1) is 24.1. The zero-order valence-corrected chi connectivity index (χ0v) is 18.0. The van der Waals surface area contributed by atoms with Crippen molar-refractivity contribution < 1.29 is 23.2 Å². The maximum Gasteiger partial charge on any atom is 0.252 e. The van der Waals surface area contributed by atoms with Gasteiger partial charge in [-0.25, -0.2) is 8.78 Å². The summed E-state index contributed by atoms with van der Waals surface area (Å²) in [5.74, 6) is -3.45. The second-order valence-corrected chi connectivity index (χ2v) is 8.31. The number of imide groups is 1. The predicted molar refractivity (Wildman–Crippen MR) is 113 cm³/mol. The van der Waals surface area contributed by atoms with E-state index in [1.165, 1.54) is 6.92 Å². The largest absolute Gasteiger partial charge is 0.344 e. The average Bonchev–Trinajstić information content (AvgIpc) is 2.65. The molecule has 2 rings (SSSR count). The van der Waals surface area contributed by atoms with Crippen LogP contribution in [-0.4, -0.2) is 34.2 Å². The summed E-state index contributed by atoms with van der Waals surface area (Å²) in [7, 11) is 0. The molecule has 0 radical (unpaired) electrons. The van der Waals surface area contributed by atoms with Crippen LogP contribution in [0, 0.1) is 11.6 Å². The van der Waals surface area contributed by atoms with Crippen molar-refractivity contribution in [3.63, 3.8) is 0 Å². The molecule has 3 amide bonds. The summed E-state index contributed by atoms with van der Waals surface area (Å²) >= 11 is 0. The minimum absolute atomic E-state index is 0.129. The van der Waals surface area contributed by atoms with E-state index in [2.05, 4.69) is 5.32 Å². The van der Waals surface area contributed by atoms with Gasteiger partial charge in [-0.2, -0.15) is 0 Å². The Bertz CT molecular complexity index is 938. The molecule has 31 heavy (non-hydrogen) atoms. The molecule has 3 N–H and O–H groups in total. The molecular formula is C23H27F2N3O3. The van der Waals surface area contributed by atoms with Gasteiger partial charge in [0.1, 0.15) is 23.7 Å². The highest BCUT2D eigenvalue weighted by Gasteiger charge is 2.38. The Kier molecular flexibility index (Phi) is 7.62. The lowest BCUT2D eigenvalue weighted by atomic mass is 9.99. The van der Waals surface area contributed by atoms with Crippen LogP contribution in [0.1, 0.15) is 44.9 Å². The van der Waals surface area contributed by atoms with E-state index < -0.39 is 47.0 Å². The number of carbonyl (C=O) groups is 3. The summed E-state index contributed by atoms with van der Waals surface area (Å²) in [4.78, 5) is 39.5. The van der Waals surface area contributed by atoms with Crippen molar-refractivity contribution in [1.29, 1.82) is 0 Å². The second-order valence-electron chi connectivity index (χ2n) is 8.31.